The van der Waals surface area contributed by atoms with Crippen LogP contribution in [-0.4, -0.2) is 53.8 Å². The summed E-state index contributed by atoms with van der Waals surface area (Å²) in [5, 5.41) is 21.5. The Morgan fingerprint density at radius 2 is 2.00 bits per heavy atom. The molecule has 4 N–H and O–H groups in total. The number of hydrogen-bond acceptors (Lipinski definition) is 8. The van der Waals surface area contributed by atoms with Crippen molar-refractivity contribution in [3.8, 4) is 0 Å². The normalized spacial score (nSPS) is 25.8. The highest BCUT2D eigenvalue weighted by atomic mass is 35.5. The van der Waals surface area contributed by atoms with E-state index in [2.05, 4.69) is 15.0 Å². The molecule has 8 nitrogen and oxygen atoms in total. The first-order valence-corrected chi connectivity index (χ1v) is 9.24. The van der Waals surface area contributed by atoms with Crippen LogP contribution in [0.3, 0.4) is 0 Å². The summed E-state index contributed by atoms with van der Waals surface area (Å²) in [5.41, 5.74) is 6.65. The number of ether oxygens (including phenoxy) is 1. The van der Waals surface area contributed by atoms with E-state index in [-0.39, 0.29) is 5.82 Å². The molecule has 0 aliphatic carbocycles. The summed E-state index contributed by atoms with van der Waals surface area (Å²) >= 11 is 7.61. The van der Waals surface area contributed by atoms with Gasteiger partial charge >= 0.3 is 0 Å². The van der Waals surface area contributed by atoms with Crippen LogP contribution in [0.1, 0.15) is 6.23 Å². The largest absolute Gasteiger partial charge is 0.387 e. The minimum absolute atomic E-state index is 0.243. The van der Waals surface area contributed by atoms with Gasteiger partial charge in [-0.3, -0.25) is 4.57 Å². The van der Waals surface area contributed by atoms with Gasteiger partial charge in [-0.05, 0) is 12.1 Å². The first-order valence-electron chi connectivity index (χ1n) is 7.88. The van der Waals surface area contributed by atoms with Gasteiger partial charge in [-0.25, -0.2) is 15.0 Å². The van der Waals surface area contributed by atoms with Crippen molar-refractivity contribution in [2.75, 3.05) is 11.5 Å². The summed E-state index contributed by atoms with van der Waals surface area (Å²) in [6.45, 7) is 0. The number of halogens is 1. The third-order valence-corrected chi connectivity index (χ3v) is 5.84. The zero-order valence-electron chi connectivity index (χ0n) is 13.4. The summed E-state index contributed by atoms with van der Waals surface area (Å²) in [6.07, 6.45) is -0.778. The highest BCUT2D eigenvalue weighted by Gasteiger charge is 2.44. The van der Waals surface area contributed by atoms with Crippen LogP contribution in [0.4, 0.5) is 5.82 Å². The zero-order chi connectivity index (χ0) is 18.3. The lowest BCUT2D eigenvalue weighted by Crippen LogP contribution is -2.32. The third kappa shape index (κ3) is 3.01. The maximum atomic E-state index is 10.4. The van der Waals surface area contributed by atoms with Gasteiger partial charge in [-0.2, -0.15) is 0 Å². The van der Waals surface area contributed by atoms with Gasteiger partial charge in [-0.1, -0.05) is 23.7 Å². The SMILES string of the molecule is Nc1ncnc2c1ncn2[C@@H]1O[C@H](CSc2ccccc2Cl)[C@@H](O)[C@H]1O. The van der Waals surface area contributed by atoms with E-state index in [1.807, 2.05) is 18.2 Å². The summed E-state index contributed by atoms with van der Waals surface area (Å²) in [5.74, 6) is 0.676. The Morgan fingerprint density at radius 3 is 2.81 bits per heavy atom. The Morgan fingerprint density at radius 1 is 1.19 bits per heavy atom. The maximum absolute atomic E-state index is 10.4. The van der Waals surface area contributed by atoms with Crippen molar-refractivity contribution >= 4 is 40.3 Å². The van der Waals surface area contributed by atoms with Crippen molar-refractivity contribution in [2.24, 2.45) is 0 Å². The van der Waals surface area contributed by atoms with Crippen molar-refractivity contribution in [3.05, 3.63) is 41.9 Å². The van der Waals surface area contributed by atoms with Gasteiger partial charge in [0.1, 0.15) is 24.1 Å². The first kappa shape index (κ1) is 17.5. The molecule has 0 amide bonds. The Balaban J connectivity index is 1.54. The van der Waals surface area contributed by atoms with E-state index in [1.165, 1.54) is 24.4 Å². The van der Waals surface area contributed by atoms with Crippen LogP contribution in [0.5, 0.6) is 0 Å². The molecule has 0 saturated carbocycles. The fourth-order valence-corrected chi connectivity index (χ4v) is 4.19. The van der Waals surface area contributed by atoms with Crippen LogP contribution in [0.2, 0.25) is 5.02 Å². The van der Waals surface area contributed by atoms with Gasteiger partial charge in [0.05, 0.1) is 17.5 Å². The summed E-state index contributed by atoms with van der Waals surface area (Å²) in [6, 6.07) is 7.44. The monoisotopic (exact) mass is 393 g/mol. The van der Waals surface area contributed by atoms with Crippen LogP contribution in [0.15, 0.2) is 41.8 Å². The van der Waals surface area contributed by atoms with E-state index in [4.69, 9.17) is 22.1 Å². The molecule has 0 radical (unpaired) electrons. The van der Waals surface area contributed by atoms with Crippen LogP contribution >= 0.6 is 23.4 Å². The van der Waals surface area contributed by atoms with E-state index in [9.17, 15) is 10.2 Å². The standard InChI is InChI=1S/C16H16ClN5O3S/c17-8-3-1-2-4-10(8)26-5-9-12(23)13(24)16(25-9)22-7-21-11-14(18)19-6-20-15(11)22/h1-4,6-7,9,12-13,16,23-24H,5H2,(H2,18,19,20)/t9-,12-,13-,16-/m1/s1. The fourth-order valence-electron chi connectivity index (χ4n) is 2.89. The van der Waals surface area contributed by atoms with Gasteiger partial charge in [0, 0.05) is 10.6 Å². The van der Waals surface area contributed by atoms with Gasteiger partial charge < -0.3 is 20.7 Å². The Hall–Kier alpha value is -1.91. The second-order valence-corrected chi connectivity index (χ2v) is 7.34. The van der Waals surface area contributed by atoms with E-state index in [0.717, 1.165) is 4.90 Å². The van der Waals surface area contributed by atoms with E-state index >= 15 is 0 Å². The molecule has 3 aromatic rings. The maximum Gasteiger partial charge on any atom is 0.167 e. The van der Waals surface area contributed by atoms with Gasteiger partial charge in [0.25, 0.3) is 0 Å². The average molecular weight is 394 g/mol. The van der Waals surface area contributed by atoms with Crippen LogP contribution in [-0.2, 0) is 4.74 Å². The molecule has 1 fully saturated rings. The number of aliphatic hydroxyl groups is 2. The predicted octanol–water partition coefficient (Wildman–Crippen LogP) is 1.47. The molecule has 0 spiro atoms. The minimum Gasteiger partial charge on any atom is -0.387 e. The molecule has 4 rings (SSSR count). The third-order valence-electron chi connectivity index (χ3n) is 4.24. The van der Waals surface area contributed by atoms with Crippen molar-refractivity contribution in [1.82, 2.24) is 19.5 Å². The minimum atomic E-state index is -1.12. The Kier molecular flexibility index (Phi) is 4.72. The zero-order valence-corrected chi connectivity index (χ0v) is 15.0. The number of hydrogen-bond donors (Lipinski definition) is 3. The van der Waals surface area contributed by atoms with E-state index < -0.39 is 24.5 Å². The number of benzene rings is 1. The lowest BCUT2D eigenvalue weighted by Gasteiger charge is -2.16. The molecule has 0 unspecified atom stereocenters. The van der Waals surface area contributed by atoms with Crippen molar-refractivity contribution < 1.29 is 14.9 Å². The fraction of sp³-hybridized carbons (Fsp3) is 0.312. The molecule has 4 atom stereocenters. The lowest BCUT2D eigenvalue weighted by molar-refractivity contribution is -0.0289. The Bertz CT molecular complexity index is 939. The predicted molar refractivity (Wildman–Crippen MR) is 97.8 cm³/mol. The van der Waals surface area contributed by atoms with Gasteiger partial charge in [0.15, 0.2) is 17.7 Å². The molecule has 2 aromatic heterocycles. The molecular formula is C16H16ClN5O3S. The smallest absolute Gasteiger partial charge is 0.167 e. The molecule has 26 heavy (non-hydrogen) atoms. The number of aliphatic hydroxyl groups excluding tert-OH is 2. The van der Waals surface area contributed by atoms with Crippen molar-refractivity contribution in [3.63, 3.8) is 0 Å². The van der Waals surface area contributed by atoms with Gasteiger partial charge in [-0.15, -0.1) is 11.8 Å². The first-order chi connectivity index (χ1) is 12.6. The lowest BCUT2D eigenvalue weighted by atomic mass is 10.1. The van der Waals surface area contributed by atoms with Crippen LogP contribution in [0, 0.1) is 0 Å². The van der Waals surface area contributed by atoms with E-state index in [1.54, 1.807) is 10.6 Å². The number of nitrogens with two attached hydrogens (primary N) is 1. The second kappa shape index (κ2) is 7.01. The highest BCUT2D eigenvalue weighted by molar-refractivity contribution is 7.99. The number of anilines is 1. The molecule has 3 heterocycles. The van der Waals surface area contributed by atoms with Crippen molar-refractivity contribution in [1.29, 1.82) is 0 Å². The van der Waals surface area contributed by atoms with Crippen LogP contribution in [0.25, 0.3) is 11.2 Å². The molecule has 0 bridgehead atoms. The van der Waals surface area contributed by atoms with Crippen LogP contribution < -0.4 is 5.73 Å². The number of nitrogens with zero attached hydrogens (tertiary/aromatic N) is 4. The number of nitrogen functional groups attached to an aromatic ring is 1. The summed E-state index contributed by atoms with van der Waals surface area (Å²) in [4.78, 5) is 13.1. The summed E-state index contributed by atoms with van der Waals surface area (Å²) < 4.78 is 7.45. The quantitative estimate of drug-likeness (QED) is 0.570. The van der Waals surface area contributed by atoms with E-state index in [0.29, 0.717) is 21.9 Å². The highest BCUT2D eigenvalue weighted by Crippen LogP contribution is 2.35. The van der Waals surface area contributed by atoms with Crippen molar-refractivity contribution in [2.45, 2.75) is 29.4 Å². The molecule has 136 valence electrons. The Labute approximate surface area is 158 Å². The second-order valence-electron chi connectivity index (χ2n) is 5.87. The number of aromatic nitrogens is 4. The number of imidazole rings is 1. The number of thioether (sulfide) groups is 1. The molecule has 10 heteroatoms. The molecule has 1 aliphatic rings. The molecule has 1 aliphatic heterocycles. The van der Waals surface area contributed by atoms with Gasteiger partial charge in [0.2, 0.25) is 0 Å². The topological polar surface area (TPSA) is 119 Å². The summed E-state index contributed by atoms with van der Waals surface area (Å²) in [7, 11) is 0. The average Bonchev–Trinajstić information content (AvgIpc) is 3.18. The number of fused-ring (bicyclic) bond motifs is 1. The molecule has 1 saturated heterocycles. The number of rotatable bonds is 4. The molecular weight excluding hydrogens is 378 g/mol. The molecule has 1 aromatic carbocycles.